The van der Waals surface area contributed by atoms with Crippen LogP contribution in [0.25, 0.3) is 0 Å². The van der Waals surface area contributed by atoms with Gasteiger partial charge in [0.15, 0.2) is 5.43 Å². The molecular formula is C27H28N4O2S. The zero-order valence-corrected chi connectivity index (χ0v) is 20.7. The first kappa shape index (κ1) is 23.6. The predicted octanol–water partition coefficient (Wildman–Crippen LogP) is 4.54. The molecule has 0 aliphatic carbocycles. The maximum Gasteiger partial charge on any atom is 0.259 e. The van der Waals surface area contributed by atoms with Crippen LogP contribution in [0.5, 0.6) is 0 Å². The second kappa shape index (κ2) is 10.1. The van der Waals surface area contributed by atoms with Gasteiger partial charge in [-0.3, -0.25) is 14.6 Å². The Morgan fingerprint density at radius 2 is 1.82 bits per heavy atom. The van der Waals surface area contributed by atoms with Crippen LogP contribution in [0.4, 0.5) is 0 Å². The molecule has 0 N–H and O–H groups in total. The summed E-state index contributed by atoms with van der Waals surface area (Å²) < 4.78 is 2.05. The van der Waals surface area contributed by atoms with Gasteiger partial charge in [-0.2, -0.15) is 0 Å². The van der Waals surface area contributed by atoms with Gasteiger partial charge >= 0.3 is 0 Å². The first-order valence-corrected chi connectivity index (χ1v) is 12.1. The molecule has 3 aromatic heterocycles. The van der Waals surface area contributed by atoms with Crippen molar-refractivity contribution >= 4 is 17.2 Å². The average molecular weight is 473 g/mol. The molecule has 1 amide bonds. The first-order chi connectivity index (χ1) is 16.3. The number of aromatic nitrogens is 3. The molecule has 0 aliphatic heterocycles. The van der Waals surface area contributed by atoms with Gasteiger partial charge in [-0.05, 0) is 44.0 Å². The fraction of sp³-hybridized carbons (Fsp3) is 0.259. The van der Waals surface area contributed by atoms with Crippen LogP contribution in [0.1, 0.15) is 49.3 Å². The number of thiazole rings is 1. The molecule has 7 heteroatoms. The fourth-order valence-corrected chi connectivity index (χ4v) is 4.70. The lowest BCUT2D eigenvalue weighted by atomic mass is 9.99. The van der Waals surface area contributed by atoms with E-state index in [2.05, 4.69) is 9.97 Å². The molecule has 4 aromatic rings. The van der Waals surface area contributed by atoms with Crippen molar-refractivity contribution in [1.82, 2.24) is 19.4 Å². The van der Waals surface area contributed by atoms with Crippen molar-refractivity contribution in [2.24, 2.45) is 0 Å². The molecule has 1 aromatic carbocycles. The van der Waals surface area contributed by atoms with Crippen LogP contribution in [0, 0.1) is 20.8 Å². The lowest BCUT2D eigenvalue weighted by Crippen LogP contribution is -2.34. The number of amides is 1. The number of benzene rings is 1. The van der Waals surface area contributed by atoms with E-state index in [1.165, 1.54) is 0 Å². The lowest BCUT2D eigenvalue weighted by Gasteiger charge is -2.23. The minimum absolute atomic E-state index is 0.208. The number of hydrogen-bond donors (Lipinski definition) is 0. The Hall–Kier alpha value is -3.58. The quantitative estimate of drug-likeness (QED) is 0.396. The molecule has 174 valence electrons. The van der Waals surface area contributed by atoms with Crippen molar-refractivity contribution in [2.75, 3.05) is 7.05 Å². The summed E-state index contributed by atoms with van der Waals surface area (Å²) in [6.45, 7) is 6.71. The minimum Gasteiger partial charge on any atom is -0.342 e. The SMILES string of the molecule is Cc1nc(CN(C)C(=O)c2c(Cc3ccccc3C)n(Cc3ccccn3)c(C)cc2=O)cs1. The Morgan fingerprint density at radius 3 is 2.50 bits per heavy atom. The van der Waals surface area contributed by atoms with Crippen LogP contribution in [-0.4, -0.2) is 32.4 Å². The maximum absolute atomic E-state index is 13.7. The molecule has 0 bridgehead atoms. The molecule has 0 radical (unpaired) electrons. The topological polar surface area (TPSA) is 68.1 Å². The van der Waals surface area contributed by atoms with Gasteiger partial charge in [0.2, 0.25) is 0 Å². The number of carbonyl (C=O) groups excluding carboxylic acids is 1. The summed E-state index contributed by atoms with van der Waals surface area (Å²) in [4.78, 5) is 37.4. The number of pyridine rings is 2. The van der Waals surface area contributed by atoms with Gasteiger partial charge in [-0.25, -0.2) is 4.98 Å². The highest BCUT2D eigenvalue weighted by Gasteiger charge is 2.24. The largest absolute Gasteiger partial charge is 0.342 e. The van der Waals surface area contributed by atoms with Crippen LogP contribution < -0.4 is 5.43 Å². The lowest BCUT2D eigenvalue weighted by molar-refractivity contribution is 0.0780. The van der Waals surface area contributed by atoms with E-state index in [4.69, 9.17) is 0 Å². The Kier molecular flexibility index (Phi) is 7.03. The molecule has 0 fully saturated rings. The van der Waals surface area contributed by atoms with Crippen molar-refractivity contribution in [3.8, 4) is 0 Å². The smallest absolute Gasteiger partial charge is 0.259 e. The van der Waals surface area contributed by atoms with Gasteiger partial charge in [-0.1, -0.05) is 30.3 Å². The molecular weight excluding hydrogens is 444 g/mol. The summed E-state index contributed by atoms with van der Waals surface area (Å²) in [7, 11) is 1.72. The summed E-state index contributed by atoms with van der Waals surface area (Å²) in [5, 5.41) is 2.89. The maximum atomic E-state index is 13.7. The highest BCUT2D eigenvalue weighted by molar-refractivity contribution is 7.09. The minimum atomic E-state index is -0.297. The van der Waals surface area contributed by atoms with E-state index in [0.717, 1.165) is 33.2 Å². The Morgan fingerprint density at radius 1 is 1.06 bits per heavy atom. The van der Waals surface area contributed by atoms with Crippen LogP contribution >= 0.6 is 11.3 Å². The molecule has 6 nitrogen and oxygen atoms in total. The highest BCUT2D eigenvalue weighted by atomic mass is 32.1. The molecule has 34 heavy (non-hydrogen) atoms. The van der Waals surface area contributed by atoms with Crippen LogP contribution in [0.3, 0.4) is 0 Å². The molecule has 0 atom stereocenters. The van der Waals surface area contributed by atoms with Crippen molar-refractivity contribution in [2.45, 2.75) is 40.3 Å². The number of rotatable bonds is 7. The second-order valence-corrected chi connectivity index (χ2v) is 9.56. The summed E-state index contributed by atoms with van der Waals surface area (Å²) in [6.07, 6.45) is 2.23. The zero-order valence-electron chi connectivity index (χ0n) is 19.9. The van der Waals surface area contributed by atoms with Crippen LogP contribution in [-0.2, 0) is 19.5 Å². The Labute approximate surface area is 203 Å². The van der Waals surface area contributed by atoms with Gasteiger partial charge in [0.05, 0.1) is 29.5 Å². The number of carbonyl (C=O) groups is 1. The highest BCUT2D eigenvalue weighted by Crippen LogP contribution is 2.20. The van der Waals surface area contributed by atoms with Gasteiger partial charge in [0.25, 0.3) is 5.91 Å². The second-order valence-electron chi connectivity index (χ2n) is 8.50. The third-order valence-corrected chi connectivity index (χ3v) is 6.74. The Balaban J connectivity index is 1.82. The molecule has 0 unspecified atom stereocenters. The van der Waals surface area contributed by atoms with E-state index in [0.29, 0.717) is 25.2 Å². The normalized spacial score (nSPS) is 10.9. The van der Waals surface area contributed by atoms with Gasteiger partial charge < -0.3 is 9.47 Å². The number of hydrogen-bond acceptors (Lipinski definition) is 5. The average Bonchev–Trinajstić information content (AvgIpc) is 3.22. The molecule has 0 spiro atoms. The zero-order chi connectivity index (χ0) is 24.2. The number of aryl methyl sites for hydroxylation is 3. The van der Waals surface area contributed by atoms with E-state index in [-0.39, 0.29) is 16.9 Å². The van der Waals surface area contributed by atoms with Crippen molar-refractivity contribution in [3.05, 3.63) is 115 Å². The van der Waals surface area contributed by atoms with Gasteiger partial charge in [0.1, 0.15) is 5.56 Å². The van der Waals surface area contributed by atoms with E-state index in [1.54, 1.807) is 35.5 Å². The molecule has 0 aliphatic rings. The summed E-state index contributed by atoms with van der Waals surface area (Å²) in [6, 6.07) is 15.4. The standard InChI is InChI=1S/C27H28N4O2S/c1-18-9-5-6-10-21(18)14-24-26(27(33)30(4)15-23-17-34-20(3)29-23)25(32)13-19(2)31(24)16-22-11-7-8-12-28-22/h5-13,17H,14-16H2,1-4H3. The van der Waals surface area contributed by atoms with Crippen molar-refractivity contribution in [1.29, 1.82) is 0 Å². The van der Waals surface area contributed by atoms with E-state index < -0.39 is 0 Å². The molecule has 0 saturated heterocycles. The third kappa shape index (κ3) is 5.15. The van der Waals surface area contributed by atoms with Gasteiger partial charge in [0, 0.05) is 42.5 Å². The Bertz CT molecular complexity index is 1380. The monoisotopic (exact) mass is 472 g/mol. The predicted molar refractivity (Wildman–Crippen MR) is 135 cm³/mol. The molecule has 3 heterocycles. The van der Waals surface area contributed by atoms with Gasteiger partial charge in [-0.15, -0.1) is 11.3 Å². The molecule has 4 rings (SSSR count). The van der Waals surface area contributed by atoms with Crippen molar-refractivity contribution in [3.63, 3.8) is 0 Å². The fourth-order valence-electron chi connectivity index (χ4n) is 4.09. The third-order valence-electron chi connectivity index (χ3n) is 5.92. The summed E-state index contributed by atoms with van der Waals surface area (Å²) in [5.41, 5.74) is 5.33. The summed E-state index contributed by atoms with van der Waals surface area (Å²) in [5.74, 6) is -0.297. The van der Waals surface area contributed by atoms with Crippen LogP contribution in [0.15, 0.2) is 64.9 Å². The molecule has 0 saturated carbocycles. The van der Waals surface area contributed by atoms with E-state index >= 15 is 0 Å². The van der Waals surface area contributed by atoms with Crippen LogP contribution in [0.2, 0.25) is 0 Å². The summed E-state index contributed by atoms with van der Waals surface area (Å²) >= 11 is 1.55. The van der Waals surface area contributed by atoms with E-state index in [1.807, 2.05) is 73.2 Å². The number of nitrogens with zero attached hydrogens (tertiary/aromatic N) is 4. The van der Waals surface area contributed by atoms with Crippen molar-refractivity contribution < 1.29 is 4.79 Å². The van der Waals surface area contributed by atoms with E-state index in [9.17, 15) is 9.59 Å². The first-order valence-electron chi connectivity index (χ1n) is 11.2.